The highest BCUT2D eigenvalue weighted by Crippen LogP contribution is 2.21. The molecule has 1 aliphatic rings. The second-order valence-electron chi connectivity index (χ2n) is 4.85. The zero-order valence-electron chi connectivity index (χ0n) is 10.9. The summed E-state index contributed by atoms with van der Waals surface area (Å²) in [4.78, 5) is 12.2. The number of ether oxygens (including phenoxy) is 1. The lowest BCUT2D eigenvalue weighted by atomic mass is 10.0. The fourth-order valence-corrected chi connectivity index (χ4v) is 2.38. The maximum Gasteiger partial charge on any atom is 0.163 e. The molecule has 1 aromatic heterocycles. The number of benzene rings is 1. The van der Waals surface area contributed by atoms with E-state index in [4.69, 9.17) is 4.74 Å². The SMILES string of the molecule is Cn1nccc1CCC(=O)c1ccc2c(c1)COC2. The van der Waals surface area contributed by atoms with Crippen LogP contribution in [0.25, 0.3) is 0 Å². The van der Waals surface area contributed by atoms with E-state index < -0.39 is 0 Å². The minimum absolute atomic E-state index is 0.177. The Kier molecular flexibility index (Phi) is 3.17. The van der Waals surface area contributed by atoms with Crippen molar-refractivity contribution in [2.75, 3.05) is 0 Å². The van der Waals surface area contributed by atoms with Crippen LogP contribution in [0.5, 0.6) is 0 Å². The van der Waals surface area contributed by atoms with Crippen molar-refractivity contribution in [3.63, 3.8) is 0 Å². The van der Waals surface area contributed by atoms with Crippen molar-refractivity contribution >= 4 is 5.78 Å². The topological polar surface area (TPSA) is 44.1 Å². The van der Waals surface area contributed by atoms with Gasteiger partial charge in [0.15, 0.2) is 5.78 Å². The molecule has 0 atom stereocenters. The van der Waals surface area contributed by atoms with Gasteiger partial charge in [-0.25, -0.2) is 0 Å². The third-order valence-corrected chi connectivity index (χ3v) is 3.57. The van der Waals surface area contributed by atoms with Crippen molar-refractivity contribution in [2.45, 2.75) is 26.1 Å². The van der Waals surface area contributed by atoms with E-state index in [1.165, 1.54) is 5.56 Å². The third kappa shape index (κ3) is 2.44. The maximum atomic E-state index is 12.2. The molecule has 0 saturated heterocycles. The summed E-state index contributed by atoms with van der Waals surface area (Å²) < 4.78 is 7.17. The molecule has 0 N–H and O–H groups in total. The van der Waals surface area contributed by atoms with Gasteiger partial charge in [0.25, 0.3) is 0 Å². The van der Waals surface area contributed by atoms with Crippen LogP contribution in [0.4, 0.5) is 0 Å². The molecule has 1 aliphatic heterocycles. The van der Waals surface area contributed by atoms with Crippen LogP contribution in [-0.2, 0) is 31.4 Å². The van der Waals surface area contributed by atoms with Crippen LogP contribution in [0, 0.1) is 0 Å². The highest BCUT2D eigenvalue weighted by Gasteiger charge is 2.14. The highest BCUT2D eigenvalue weighted by atomic mass is 16.5. The average molecular weight is 256 g/mol. The first-order valence-corrected chi connectivity index (χ1v) is 6.43. The summed E-state index contributed by atoms with van der Waals surface area (Å²) in [6.07, 6.45) is 2.99. The van der Waals surface area contributed by atoms with Crippen molar-refractivity contribution in [1.29, 1.82) is 0 Å². The number of ketones is 1. The minimum Gasteiger partial charge on any atom is -0.372 e. The smallest absolute Gasteiger partial charge is 0.163 e. The Morgan fingerprint density at radius 3 is 2.95 bits per heavy atom. The third-order valence-electron chi connectivity index (χ3n) is 3.57. The summed E-state index contributed by atoms with van der Waals surface area (Å²) in [6.45, 7) is 1.29. The maximum absolute atomic E-state index is 12.2. The summed E-state index contributed by atoms with van der Waals surface area (Å²) >= 11 is 0. The van der Waals surface area contributed by atoms with E-state index in [0.717, 1.165) is 23.2 Å². The van der Waals surface area contributed by atoms with Crippen LogP contribution in [0.1, 0.15) is 33.6 Å². The molecule has 2 heterocycles. The Bertz CT molecular complexity index is 616. The number of fused-ring (bicyclic) bond motifs is 1. The van der Waals surface area contributed by atoms with Gasteiger partial charge in [0.1, 0.15) is 0 Å². The fourth-order valence-electron chi connectivity index (χ4n) is 2.38. The van der Waals surface area contributed by atoms with Crippen molar-refractivity contribution in [2.24, 2.45) is 7.05 Å². The number of carbonyl (C=O) groups excluding carboxylic acids is 1. The first kappa shape index (κ1) is 12.1. The molecule has 0 bridgehead atoms. The quantitative estimate of drug-likeness (QED) is 0.788. The lowest BCUT2D eigenvalue weighted by Gasteiger charge is -2.04. The summed E-state index contributed by atoms with van der Waals surface area (Å²) in [5, 5.41) is 4.10. The predicted octanol–water partition coefficient (Wildman–Crippen LogP) is 2.27. The minimum atomic E-state index is 0.177. The van der Waals surface area contributed by atoms with Crippen LogP contribution in [0.3, 0.4) is 0 Å². The lowest BCUT2D eigenvalue weighted by Crippen LogP contribution is -2.05. The highest BCUT2D eigenvalue weighted by molar-refractivity contribution is 5.96. The monoisotopic (exact) mass is 256 g/mol. The zero-order valence-corrected chi connectivity index (χ0v) is 10.9. The summed E-state index contributed by atoms with van der Waals surface area (Å²) in [7, 11) is 1.90. The van der Waals surface area contributed by atoms with Crippen molar-refractivity contribution in [3.05, 3.63) is 52.8 Å². The Hall–Kier alpha value is -1.94. The molecular weight excluding hydrogens is 240 g/mol. The molecule has 0 unspecified atom stereocenters. The number of aromatic nitrogens is 2. The first-order valence-electron chi connectivity index (χ1n) is 6.43. The molecule has 1 aromatic carbocycles. The largest absolute Gasteiger partial charge is 0.372 e. The van der Waals surface area contributed by atoms with Gasteiger partial charge in [-0.3, -0.25) is 9.48 Å². The van der Waals surface area contributed by atoms with E-state index in [1.807, 2.05) is 36.0 Å². The van der Waals surface area contributed by atoms with Gasteiger partial charge in [-0.05, 0) is 29.7 Å². The first-order chi connectivity index (χ1) is 9.24. The molecule has 4 nitrogen and oxygen atoms in total. The number of rotatable bonds is 4. The standard InChI is InChI=1S/C15H16N2O2/c1-17-14(6-7-16-17)4-5-15(18)11-2-3-12-9-19-10-13(12)8-11/h2-3,6-8H,4-5,9-10H2,1H3. The van der Waals surface area contributed by atoms with Gasteiger partial charge >= 0.3 is 0 Å². The van der Waals surface area contributed by atoms with Gasteiger partial charge in [0.05, 0.1) is 13.2 Å². The summed E-state index contributed by atoms with van der Waals surface area (Å²) in [5.41, 5.74) is 4.21. The fraction of sp³-hybridized carbons (Fsp3) is 0.333. The number of carbonyl (C=O) groups is 1. The Labute approximate surface area is 112 Å². The molecule has 0 aliphatic carbocycles. The van der Waals surface area contributed by atoms with E-state index >= 15 is 0 Å². The van der Waals surface area contributed by atoms with Gasteiger partial charge < -0.3 is 4.74 Å². The number of hydrogen-bond donors (Lipinski definition) is 0. The van der Waals surface area contributed by atoms with Crippen LogP contribution in [-0.4, -0.2) is 15.6 Å². The van der Waals surface area contributed by atoms with E-state index in [-0.39, 0.29) is 5.78 Å². The number of aryl methyl sites for hydroxylation is 2. The molecule has 2 aromatic rings. The van der Waals surface area contributed by atoms with Gasteiger partial charge in [-0.1, -0.05) is 12.1 Å². The Morgan fingerprint density at radius 1 is 1.32 bits per heavy atom. The number of nitrogens with zero attached hydrogens (tertiary/aromatic N) is 2. The van der Waals surface area contributed by atoms with Gasteiger partial charge in [-0.15, -0.1) is 0 Å². The second kappa shape index (κ2) is 4.97. The van der Waals surface area contributed by atoms with Crippen molar-refractivity contribution in [1.82, 2.24) is 9.78 Å². The number of hydrogen-bond acceptors (Lipinski definition) is 3. The molecule has 0 spiro atoms. The lowest BCUT2D eigenvalue weighted by molar-refractivity contribution is 0.0982. The molecule has 0 amide bonds. The molecule has 0 radical (unpaired) electrons. The normalized spacial score (nSPS) is 13.5. The molecular formula is C15H16N2O2. The van der Waals surface area contributed by atoms with E-state index in [2.05, 4.69) is 5.10 Å². The summed E-state index contributed by atoms with van der Waals surface area (Å²) in [5.74, 6) is 0.177. The summed E-state index contributed by atoms with van der Waals surface area (Å²) in [6, 6.07) is 7.82. The van der Waals surface area contributed by atoms with Gasteiger partial charge in [0, 0.05) is 30.9 Å². The Balaban J connectivity index is 1.69. The molecule has 0 saturated carbocycles. The van der Waals surface area contributed by atoms with E-state index in [9.17, 15) is 4.79 Å². The zero-order chi connectivity index (χ0) is 13.2. The van der Waals surface area contributed by atoms with Crippen LogP contribution >= 0.6 is 0 Å². The Morgan fingerprint density at radius 2 is 2.16 bits per heavy atom. The molecule has 3 rings (SSSR count). The van der Waals surface area contributed by atoms with Crippen molar-refractivity contribution < 1.29 is 9.53 Å². The average Bonchev–Trinajstić information content (AvgIpc) is 3.03. The van der Waals surface area contributed by atoms with Crippen molar-refractivity contribution in [3.8, 4) is 0 Å². The number of Topliss-reactive ketones (excluding diaryl/α,β-unsaturated/α-hetero) is 1. The van der Waals surface area contributed by atoms with E-state index in [0.29, 0.717) is 19.6 Å². The van der Waals surface area contributed by atoms with E-state index in [1.54, 1.807) is 6.20 Å². The molecule has 19 heavy (non-hydrogen) atoms. The van der Waals surface area contributed by atoms with Gasteiger partial charge in [-0.2, -0.15) is 5.10 Å². The van der Waals surface area contributed by atoms with Crippen LogP contribution < -0.4 is 0 Å². The van der Waals surface area contributed by atoms with Gasteiger partial charge in [0.2, 0.25) is 0 Å². The predicted molar refractivity (Wildman–Crippen MR) is 70.8 cm³/mol. The van der Waals surface area contributed by atoms with Crippen LogP contribution in [0.15, 0.2) is 30.5 Å². The molecule has 98 valence electrons. The van der Waals surface area contributed by atoms with Crippen LogP contribution in [0.2, 0.25) is 0 Å². The second-order valence-corrected chi connectivity index (χ2v) is 4.85. The molecule has 0 fully saturated rings. The molecule has 4 heteroatoms.